The van der Waals surface area contributed by atoms with Gasteiger partial charge >= 0.3 is 6.09 Å². The predicted octanol–water partition coefficient (Wildman–Crippen LogP) is 2.82. The number of carbonyl (C=O) groups is 4. The lowest BCUT2D eigenvalue weighted by Crippen LogP contribution is -2.43. The lowest BCUT2D eigenvalue weighted by molar-refractivity contribution is -0.121. The summed E-state index contributed by atoms with van der Waals surface area (Å²) in [4.78, 5) is 52.2. The van der Waals surface area contributed by atoms with Crippen molar-refractivity contribution in [2.75, 3.05) is 35.0 Å². The zero-order valence-electron chi connectivity index (χ0n) is 27.4. The van der Waals surface area contributed by atoms with Gasteiger partial charge in [-0.25, -0.2) is 4.79 Å². The van der Waals surface area contributed by atoms with Gasteiger partial charge in [0.25, 0.3) is 5.91 Å². The number of rotatable bonds is 8. The SMILES string of the molecule is C=CCNC1=C2C(=O)C(=CC1=O)NC(=O)/C(C)=C\C=C\[C@H](OC)[C@@H](OC(N)=O)/C(C)=C/[C@H](C)[C@@H](OC)[C@@H](OC)C[C@H](C)[C@H]2OC. The lowest BCUT2D eigenvalue weighted by Gasteiger charge is -2.34. The normalized spacial score (nSPS) is 32.0. The molecule has 45 heavy (non-hydrogen) atoms. The second-order valence-electron chi connectivity index (χ2n) is 11.1. The zero-order valence-corrected chi connectivity index (χ0v) is 27.4. The zero-order chi connectivity index (χ0) is 33.8. The molecule has 12 heteroatoms. The van der Waals surface area contributed by atoms with Gasteiger partial charge in [-0.05, 0) is 31.8 Å². The highest BCUT2D eigenvalue weighted by molar-refractivity contribution is 6.24. The number of primary amides is 1. The first kappa shape index (κ1) is 37.3. The van der Waals surface area contributed by atoms with Crippen molar-refractivity contribution in [2.45, 2.75) is 64.6 Å². The quantitative estimate of drug-likeness (QED) is 0.269. The maximum absolute atomic E-state index is 13.9. The highest BCUT2D eigenvalue weighted by atomic mass is 16.6. The number of carbonyl (C=O) groups excluding carboxylic acids is 4. The molecule has 1 aliphatic heterocycles. The fraction of sp³-hybridized carbons (Fsp3) is 0.515. The summed E-state index contributed by atoms with van der Waals surface area (Å²) in [6.45, 7) is 11.1. The van der Waals surface area contributed by atoms with Gasteiger partial charge in [0.2, 0.25) is 11.6 Å². The maximum Gasteiger partial charge on any atom is 0.405 e. The first-order valence-corrected chi connectivity index (χ1v) is 14.7. The van der Waals surface area contributed by atoms with Crippen LogP contribution in [-0.4, -0.2) is 89.1 Å². The van der Waals surface area contributed by atoms with Gasteiger partial charge < -0.3 is 40.1 Å². The van der Waals surface area contributed by atoms with Crippen LogP contribution in [-0.2, 0) is 38.1 Å². The molecule has 0 aromatic heterocycles. The van der Waals surface area contributed by atoms with Crippen LogP contribution in [0.1, 0.15) is 34.1 Å². The number of hydrogen-bond donors (Lipinski definition) is 3. The first-order valence-electron chi connectivity index (χ1n) is 14.7. The number of ketones is 2. The minimum absolute atomic E-state index is 0.0768. The highest BCUT2D eigenvalue weighted by Gasteiger charge is 2.39. The summed E-state index contributed by atoms with van der Waals surface area (Å²) < 4.78 is 28.7. The van der Waals surface area contributed by atoms with E-state index in [1.54, 1.807) is 46.3 Å². The Hall–Kier alpha value is -3.84. The molecule has 0 spiro atoms. The molecule has 248 valence electrons. The average molecular weight is 630 g/mol. The van der Waals surface area contributed by atoms with Gasteiger partial charge in [0, 0.05) is 52.6 Å². The Morgan fingerprint density at radius 1 is 1.07 bits per heavy atom. The molecule has 0 aromatic rings. The van der Waals surface area contributed by atoms with Gasteiger partial charge in [0.15, 0.2) is 6.10 Å². The van der Waals surface area contributed by atoms with Crippen molar-refractivity contribution < 1.29 is 42.9 Å². The van der Waals surface area contributed by atoms with Crippen molar-refractivity contribution >= 4 is 23.6 Å². The van der Waals surface area contributed by atoms with Crippen LogP contribution >= 0.6 is 0 Å². The average Bonchev–Trinajstić information content (AvgIpc) is 2.99. The van der Waals surface area contributed by atoms with E-state index in [-0.39, 0.29) is 40.9 Å². The summed E-state index contributed by atoms with van der Waals surface area (Å²) in [6.07, 6.45) is 5.18. The summed E-state index contributed by atoms with van der Waals surface area (Å²) in [7, 11) is 6.04. The summed E-state index contributed by atoms with van der Waals surface area (Å²) in [5.41, 5.74) is 6.28. The number of ether oxygens (including phenoxy) is 5. The van der Waals surface area contributed by atoms with Gasteiger partial charge in [-0.2, -0.15) is 0 Å². The first-order chi connectivity index (χ1) is 21.3. The van der Waals surface area contributed by atoms with Crippen LogP contribution < -0.4 is 16.4 Å². The number of nitrogens with two attached hydrogens (primary N) is 1. The van der Waals surface area contributed by atoms with E-state index in [4.69, 9.17) is 29.4 Å². The number of amides is 2. The number of hydrogen-bond acceptors (Lipinski definition) is 10. The number of allylic oxidation sites excluding steroid dienone is 4. The summed E-state index contributed by atoms with van der Waals surface area (Å²) in [6, 6.07) is 0. The van der Waals surface area contributed by atoms with E-state index in [0.717, 1.165) is 6.08 Å². The Kier molecular flexibility index (Phi) is 14.6. The Morgan fingerprint density at radius 3 is 2.31 bits per heavy atom. The van der Waals surface area contributed by atoms with Crippen LogP contribution in [0.4, 0.5) is 4.79 Å². The minimum Gasteiger partial charge on any atom is -0.439 e. The van der Waals surface area contributed by atoms with Crippen LogP contribution in [0.25, 0.3) is 0 Å². The predicted molar refractivity (Wildman–Crippen MR) is 169 cm³/mol. The third-order valence-electron chi connectivity index (χ3n) is 7.86. The largest absolute Gasteiger partial charge is 0.439 e. The van der Waals surface area contributed by atoms with Crippen molar-refractivity contribution in [3.63, 3.8) is 0 Å². The Morgan fingerprint density at radius 2 is 1.76 bits per heavy atom. The molecule has 0 saturated carbocycles. The molecule has 0 aromatic carbocycles. The van der Waals surface area contributed by atoms with Gasteiger partial charge in [0.1, 0.15) is 6.10 Å². The monoisotopic (exact) mass is 629 g/mol. The van der Waals surface area contributed by atoms with Gasteiger partial charge in [-0.3, -0.25) is 14.4 Å². The van der Waals surface area contributed by atoms with Gasteiger partial charge in [0.05, 0.1) is 35.3 Å². The second kappa shape index (κ2) is 17.6. The highest BCUT2D eigenvalue weighted by Crippen LogP contribution is 2.31. The topological polar surface area (TPSA) is 165 Å². The van der Waals surface area contributed by atoms with E-state index >= 15 is 0 Å². The molecule has 1 heterocycles. The van der Waals surface area contributed by atoms with E-state index in [0.29, 0.717) is 12.0 Å². The Balaban J connectivity index is 2.76. The van der Waals surface area contributed by atoms with E-state index in [9.17, 15) is 19.2 Å². The molecular weight excluding hydrogens is 582 g/mol. The molecule has 0 unspecified atom stereocenters. The molecule has 0 radical (unpaired) electrons. The summed E-state index contributed by atoms with van der Waals surface area (Å²) in [5, 5.41) is 5.56. The van der Waals surface area contributed by atoms with Crippen LogP contribution in [0.2, 0.25) is 0 Å². The molecular formula is C33H47N3O9. The molecule has 2 rings (SSSR count). The van der Waals surface area contributed by atoms with E-state index in [2.05, 4.69) is 17.2 Å². The third-order valence-corrected chi connectivity index (χ3v) is 7.86. The van der Waals surface area contributed by atoms with Crippen LogP contribution in [0, 0.1) is 11.8 Å². The van der Waals surface area contributed by atoms with E-state index in [1.807, 2.05) is 19.9 Å². The number of fused-ring (bicyclic) bond motifs is 2. The molecule has 4 N–H and O–H groups in total. The van der Waals surface area contributed by atoms with Gasteiger partial charge in [-0.15, -0.1) is 6.58 Å². The number of Topliss-reactive ketones (excluding diaryl/α,β-unsaturated/α-hetero) is 1. The molecule has 7 atom stereocenters. The fourth-order valence-corrected chi connectivity index (χ4v) is 5.63. The van der Waals surface area contributed by atoms with Crippen molar-refractivity contribution in [2.24, 2.45) is 17.6 Å². The molecule has 0 saturated heterocycles. The maximum atomic E-state index is 13.9. The molecule has 12 nitrogen and oxygen atoms in total. The third kappa shape index (κ3) is 9.57. The Bertz CT molecular complexity index is 1280. The van der Waals surface area contributed by atoms with Crippen molar-refractivity contribution in [3.8, 4) is 0 Å². The van der Waals surface area contributed by atoms with Crippen molar-refractivity contribution in [1.29, 1.82) is 0 Å². The van der Waals surface area contributed by atoms with Crippen molar-refractivity contribution in [1.82, 2.24) is 10.6 Å². The molecule has 2 amide bonds. The van der Waals surface area contributed by atoms with E-state index < -0.39 is 54.1 Å². The lowest BCUT2D eigenvalue weighted by atomic mass is 9.82. The van der Waals surface area contributed by atoms with Crippen LogP contribution in [0.15, 0.2) is 71.1 Å². The smallest absolute Gasteiger partial charge is 0.405 e. The Labute approximate surface area is 265 Å². The summed E-state index contributed by atoms with van der Waals surface area (Å²) >= 11 is 0. The summed E-state index contributed by atoms with van der Waals surface area (Å²) in [5.74, 6) is -2.26. The standard InChI is InChI=1S/C33H47N3O9/c1-10-14-35-27-23(37)17-22-28(38)26(27)31(44-9)21(5)16-25(42-7)29(43-8)19(3)15-20(4)30(45-33(34)40)24(41-6)13-11-12-18(2)32(39)36-22/h10-13,15,17,19,21,24-25,29-31,35H,1,14,16H2,2-9H3,(H2,34,40)(H,36,39)/b13-11+,18-12-,20-15+/t19-,21-,24-,25-,29+,30-,31+/m0/s1. The van der Waals surface area contributed by atoms with Crippen LogP contribution in [0.5, 0.6) is 0 Å². The van der Waals surface area contributed by atoms with Crippen molar-refractivity contribution in [3.05, 3.63) is 71.1 Å². The number of methoxy groups -OCH3 is 4. The molecule has 0 fully saturated rings. The second-order valence-corrected chi connectivity index (χ2v) is 11.1. The minimum atomic E-state index is -0.979. The molecule has 2 bridgehead atoms. The van der Waals surface area contributed by atoms with Crippen LogP contribution in [0.3, 0.4) is 0 Å². The molecule has 2 aliphatic rings. The number of nitrogens with one attached hydrogen (secondary N) is 2. The fourth-order valence-electron chi connectivity index (χ4n) is 5.63. The van der Waals surface area contributed by atoms with Gasteiger partial charge in [-0.1, -0.05) is 44.2 Å². The molecule has 1 aliphatic carbocycles. The van der Waals surface area contributed by atoms with E-state index in [1.165, 1.54) is 20.3 Å².